The van der Waals surface area contributed by atoms with Gasteiger partial charge in [-0.1, -0.05) is 6.07 Å². The smallest absolute Gasteiger partial charge is 0.319 e. The minimum absolute atomic E-state index is 0.0231. The number of hydrogen-bond acceptors (Lipinski definition) is 3. The van der Waals surface area contributed by atoms with Gasteiger partial charge >= 0.3 is 6.03 Å². The Balaban J connectivity index is 1.64. The Morgan fingerprint density at radius 1 is 1.18 bits per heavy atom. The Morgan fingerprint density at radius 2 is 2.05 bits per heavy atom. The van der Waals surface area contributed by atoms with E-state index in [1.165, 1.54) is 0 Å². The van der Waals surface area contributed by atoms with Gasteiger partial charge in [-0.2, -0.15) is 0 Å². The summed E-state index contributed by atoms with van der Waals surface area (Å²) in [6.45, 7) is 3.27. The molecular weight excluding hydrogens is 280 g/mol. The lowest BCUT2D eigenvalue weighted by Crippen LogP contribution is -2.34. The summed E-state index contributed by atoms with van der Waals surface area (Å²) < 4.78 is 0. The van der Waals surface area contributed by atoms with Crippen LogP contribution in [-0.2, 0) is 0 Å². The summed E-state index contributed by atoms with van der Waals surface area (Å²) in [6, 6.07) is 7.25. The number of benzene rings is 1. The Kier molecular flexibility index (Phi) is 4.58. The van der Waals surface area contributed by atoms with E-state index in [4.69, 9.17) is 0 Å². The summed E-state index contributed by atoms with van der Waals surface area (Å²) in [4.78, 5) is 26.2. The van der Waals surface area contributed by atoms with Crippen molar-refractivity contribution < 1.29 is 9.59 Å². The minimum atomic E-state index is -0.203. The van der Waals surface area contributed by atoms with Crippen molar-refractivity contribution in [2.45, 2.75) is 25.3 Å². The normalized spacial score (nSPS) is 18.5. The van der Waals surface area contributed by atoms with Crippen molar-refractivity contribution >= 4 is 17.6 Å². The van der Waals surface area contributed by atoms with E-state index in [2.05, 4.69) is 16.0 Å². The zero-order valence-corrected chi connectivity index (χ0v) is 12.6. The van der Waals surface area contributed by atoms with Crippen LogP contribution in [-0.4, -0.2) is 49.1 Å². The lowest BCUT2D eigenvalue weighted by Gasteiger charge is -2.20. The number of carbonyl (C=O) groups is 2. The summed E-state index contributed by atoms with van der Waals surface area (Å²) in [5, 5.41) is 8.95. The van der Waals surface area contributed by atoms with Gasteiger partial charge in [-0.3, -0.25) is 4.79 Å². The summed E-state index contributed by atoms with van der Waals surface area (Å²) in [5.41, 5.74) is 1.27. The number of nitrogens with one attached hydrogen (secondary N) is 3. The first-order valence-electron chi connectivity index (χ1n) is 7.90. The zero-order chi connectivity index (χ0) is 15.4. The Morgan fingerprint density at radius 3 is 2.86 bits per heavy atom. The zero-order valence-electron chi connectivity index (χ0n) is 12.6. The fourth-order valence-corrected chi connectivity index (χ4v) is 2.54. The number of anilines is 1. The molecule has 0 atom stereocenters. The second kappa shape index (κ2) is 6.79. The number of rotatable bonds is 3. The van der Waals surface area contributed by atoms with Crippen LogP contribution in [0.2, 0.25) is 0 Å². The predicted molar refractivity (Wildman–Crippen MR) is 85.0 cm³/mol. The molecule has 22 heavy (non-hydrogen) atoms. The standard InChI is InChI=1S/C16H22N4O2/c21-15(20-9-2-7-17-8-10-20)12-3-1-4-14(11-12)19-16(22)18-13-5-6-13/h1,3-4,11,13,17H,2,5-10H2,(H2,18,19,22). The van der Waals surface area contributed by atoms with Crippen molar-refractivity contribution in [2.75, 3.05) is 31.5 Å². The molecule has 1 aromatic rings. The van der Waals surface area contributed by atoms with Crippen molar-refractivity contribution in [3.8, 4) is 0 Å². The predicted octanol–water partition coefficient (Wildman–Crippen LogP) is 1.41. The number of hydrogen-bond donors (Lipinski definition) is 3. The molecule has 3 rings (SSSR count). The fraction of sp³-hybridized carbons (Fsp3) is 0.500. The first kappa shape index (κ1) is 14.8. The van der Waals surface area contributed by atoms with Crippen LogP contribution < -0.4 is 16.0 Å². The molecule has 0 aromatic heterocycles. The van der Waals surface area contributed by atoms with Gasteiger partial charge in [0.05, 0.1) is 0 Å². The van der Waals surface area contributed by atoms with Crippen LogP contribution in [0.4, 0.5) is 10.5 Å². The van der Waals surface area contributed by atoms with Crippen LogP contribution in [0, 0.1) is 0 Å². The molecule has 0 spiro atoms. The molecule has 3 N–H and O–H groups in total. The largest absolute Gasteiger partial charge is 0.337 e. The number of nitrogens with zero attached hydrogens (tertiary/aromatic N) is 1. The SMILES string of the molecule is O=C(Nc1cccc(C(=O)N2CCCNCC2)c1)NC1CC1. The van der Waals surface area contributed by atoms with Gasteiger partial charge in [0.1, 0.15) is 0 Å². The van der Waals surface area contributed by atoms with Crippen molar-refractivity contribution in [2.24, 2.45) is 0 Å². The highest BCUT2D eigenvalue weighted by molar-refractivity contribution is 5.97. The topological polar surface area (TPSA) is 73.5 Å². The molecule has 2 aliphatic rings. The Hall–Kier alpha value is -2.08. The van der Waals surface area contributed by atoms with Crippen LogP contribution in [0.3, 0.4) is 0 Å². The average molecular weight is 302 g/mol. The van der Waals surface area contributed by atoms with Crippen molar-refractivity contribution in [1.29, 1.82) is 0 Å². The molecule has 1 saturated heterocycles. The van der Waals surface area contributed by atoms with Gasteiger partial charge in [-0.25, -0.2) is 4.79 Å². The van der Waals surface area contributed by atoms with E-state index in [-0.39, 0.29) is 11.9 Å². The lowest BCUT2D eigenvalue weighted by atomic mass is 10.1. The van der Waals surface area contributed by atoms with Gasteiger partial charge in [0.25, 0.3) is 5.91 Å². The van der Waals surface area contributed by atoms with E-state index in [0.29, 0.717) is 17.3 Å². The molecule has 0 unspecified atom stereocenters. The molecule has 1 aliphatic heterocycles. The number of carbonyl (C=O) groups excluding carboxylic acids is 2. The first-order valence-corrected chi connectivity index (χ1v) is 7.90. The maximum Gasteiger partial charge on any atom is 0.319 e. The highest BCUT2D eigenvalue weighted by Crippen LogP contribution is 2.19. The molecule has 2 fully saturated rings. The third kappa shape index (κ3) is 3.98. The average Bonchev–Trinajstić information content (AvgIpc) is 3.33. The van der Waals surface area contributed by atoms with E-state index < -0.39 is 0 Å². The monoisotopic (exact) mass is 302 g/mol. The maximum absolute atomic E-state index is 12.5. The van der Waals surface area contributed by atoms with Gasteiger partial charge in [-0.05, 0) is 44.0 Å². The maximum atomic E-state index is 12.5. The summed E-state index contributed by atoms with van der Waals surface area (Å²) in [7, 11) is 0. The van der Waals surface area contributed by atoms with Crippen LogP contribution in [0.1, 0.15) is 29.6 Å². The molecule has 1 heterocycles. The summed E-state index contributed by atoms with van der Waals surface area (Å²) in [6.07, 6.45) is 3.07. The lowest BCUT2D eigenvalue weighted by molar-refractivity contribution is 0.0766. The number of amides is 3. The van der Waals surface area contributed by atoms with Crippen molar-refractivity contribution in [3.63, 3.8) is 0 Å². The first-order chi connectivity index (χ1) is 10.7. The van der Waals surface area contributed by atoms with Crippen LogP contribution in [0.5, 0.6) is 0 Å². The Labute approximate surface area is 130 Å². The van der Waals surface area contributed by atoms with E-state index in [1.54, 1.807) is 24.3 Å². The van der Waals surface area contributed by atoms with E-state index in [9.17, 15) is 9.59 Å². The molecule has 3 amide bonds. The van der Waals surface area contributed by atoms with Gasteiger partial charge in [0.2, 0.25) is 0 Å². The van der Waals surface area contributed by atoms with Gasteiger partial charge < -0.3 is 20.9 Å². The second-order valence-electron chi connectivity index (χ2n) is 5.85. The van der Waals surface area contributed by atoms with Crippen molar-refractivity contribution in [1.82, 2.24) is 15.5 Å². The molecule has 0 bridgehead atoms. The third-order valence-corrected chi connectivity index (χ3v) is 3.91. The van der Waals surface area contributed by atoms with E-state index >= 15 is 0 Å². The van der Waals surface area contributed by atoms with E-state index in [0.717, 1.165) is 45.4 Å². The third-order valence-electron chi connectivity index (χ3n) is 3.91. The summed E-state index contributed by atoms with van der Waals surface area (Å²) >= 11 is 0. The molecule has 1 aromatic carbocycles. The van der Waals surface area contributed by atoms with Gasteiger partial charge in [0.15, 0.2) is 0 Å². The summed E-state index contributed by atoms with van der Waals surface area (Å²) in [5.74, 6) is 0.0231. The molecule has 6 heteroatoms. The van der Waals surface area contributed by atoms with Crippen molar-refractivity contribution in [3.05, 3.63) is 29.8 Å². The molecule has 0 radical (unpaired) electrons. The van der Waals surface area contributed by atoms with Crippen LogP contribution in [0.25, 0.3) is 0 Å². The highest BCUT2D eigenvalue weighted by atomic mass is 16.2. The quantitative estimate of drug-likeness (QED) is 0.790. The van der Waals surface area contributed by atoms with E-state index in [1.807, 2.05) is 4.90 Å². The number of urea groups is 1. The minimum Gasteiger partial charge on any atom is -0.337 e. The molecule has 1 aliphatic carbocycles. The van der Waals surface area contributed by atoms with Gasteiger partial charge in [0, 0.05) is 36.9 Å². The second-order valence-corrected chi connectivity index (χ2v) is 5.85. The molecule has 6 nitrogen and oxygen atoms in total. The Bertz CT molecular complexity index is 549. The molecule has 1 saturated carbocycles. The van der Waals surface area contributed by atoms with Gasteiger partial charge in [-0.15, -0.1) is 0 Å². The fourth-order valence-electron chi connectivity index (χ4n) is 2.54. The van der Waals surface area contributed by atoms with Crippen LogP contribution >= 0.6 is 0 Å². The van der Waals surface area contributed by atoms with Crippen LogP contribution in [0.15, 0.2) is 24.3 Å². The highest BCUT2D eigenvalue weighted by Gasteiger charge is 2.23. The molecular formula is C16H22N4O2. The molecule has 118 valence electrons.